The van der Waals surface area contributed by atoms with Gasteiger partial charge in [0, 0.05) is 0 Å². The number of carbonyl (C=O) groups is 2. The third-order valence-corrected chi connectivity index (χ3v) is 1.19. The smallest absolute Gasteiger partial charge is 0.337 e. The summed E-state index contributed by atoms with van der Waals surface area (Å²) in [5.41, 5.74) is 0. The van der Waals surface area contributed by atoms with Gasteiger partial charge in [-0.1, -0.05) is 0 Å². The Morgan fingerprint density at radius 2 is 1.33 bits per heavy atom. The molecule has 0 aromatic rings. The van der Waals surface area contributed by atoms with Gasteiger partial charge in [-0.15, -0.1) is 0 Å². The highest BCUT2D eigenvalue weighted by Gasteiger charge is 2.14. The van der Waals surface area contributed by atoms with Gasteiger partial charge in [0.05, 0.1) is 0 Å². The summed E-state index contributed by atoms with van der Waals surface area (Å²) in [5.74, 6) is -2.40. The molecular weight excluding hydrogens is 256 g/mol. The number of carbonyl (C=O) groups excluding carboxylic acids is 2. The molecule has 0 amide bonds. The van der Waals surface area contributed by atoms with Gasteiger partial charge in [0.25, 0.3) is 22.5 Å². The Balaban J connectivity index is 3.71. The van der Waals surface area contributed by atoms with Crippen molar-refractivity contribution in [1.29, 1.82) is 0 Å². The van der Waals surface area contributed by atoms with E-state index >= 15 is 0 Å². The standard InChI is InChI=1S/C3H6N2O8S2/c6-2(12-4-14(8)9)1-3(7)13-5-15(10)11/h4-5H,1H2,(H,8,9)(H,10,11). The second kappa shape index (κ2) is 7.38. The predicted octanol–water partition coefficient (Wildman–Crippen LogP) is -2.25. The number of nitrogens with one attached hydrogen (secondary N) is 2. The van der Waals surface area contributed by atoms with Gasteiger partial charge in [0.2, 0.25) is 0 Å². The van der Waals surface area contributed by atoms with E-state index in [1.807, 2.05) is 0 Å². The molecular formula is C3H6N2O8S2. The van der Waals surface area contributed by atoms with Crippen LogP contribution in [0.3, 0.4) is 0 Å². The second-order valence-electron chi connectivity index (χ2n) is 1.79. The molecule has 0 rings (SSSR count). The first-order chi connectivity index (χ1) is 6.91. The minimum atomic E-state index is -2.56. The van der Waals surface area contributed by atoms with E-state index in [0.29, 0.717) is 0 Å². The third kappa shape index (κ3) is 9.39. The summed E-state index contributed by atoms with van der Waals surface area (Å²) in [5, 5.41) is 0. The molecule has 0 aromatic carbocycles. The first kappa shape index (κ1) is 14.1. The van der Waals surface area contributed by atoms with Gasteiger partial charge in [0.15, 0.2) is 0 Å². The molecule has 0 bridgehead atoms. The molecule has 0 saturated heterocycles. The molecule has 2 unspecified atom stereocenters. The molecule has 0 aliphatic rings. The maximum atomic E-state index is 10.6. The van der Waals surface area contributed by atoms with Gasteiger partial charge < -0.3 is 9.68 Å². The zero-order valence-corrected chi connectivity index (χ0v) is 8.50. The highest BCUT2D eigenvalue weighted by atomic mass is 32.2. The van der Waals surface area contributed by atoms with E-state index in [2.05, 4.69) is 9.68 Å². The maximum absolute atomic E-state index is 10.6. The predicted molar refractivity (Wildman–Crippen MR) is 44.6 cm³/mol. The molecule has 4 N–H and O–H groups in total. The maximum Gasteiger partial charge on any atom is 0.337 e. The summed E-state index contributed by atoms with van der Waals surface area (Å²) in [6.45, 7) is 0. The van der Waals surface area contributed by atoms with E-state index < -0.39 is 40.9 Å². The monoisotopic (exact) mass is 262 g/mol. The Morgan fingerprint density at radius 3 is 1.60 bits per heavy atom. The van der Waals surface area contributed by atoms with Gasteiger partial charge in [-0.25, -0.2) is 18.0 Å². The van der Waals surface area contributed by atoms with E-state index in [4.69, 9.17) is 9.11 Å². The van der Waals surface area contributed by atoms with Crippen molar-refractivity contribution in [1.82, 2.24) is 9.77 Å². The minimum Gasteiger partial charge on any atom is -0.355 e. The van der Waals surface area contributed by atoms with Crippen molar-refractivity contribution in [2.24, 2.45) is 0 Å². The molecule has 0 saturated carbocycles. The van der Waals surface area contributed by atoms with E-state index in [9.17, 15) is 18.0 Å². The van der Waals surface area contributed by atoms with Crippen LogP contribution in [0.5, 0.6) is 0 Å². The second-order valence-corrected chi connectivity index (χ2v) is 3.12. The Bertz CT molecular complexity index is 264. The van der Waals surface area contributed by atoms with Crippen LogP contribution in [-0.2, 0) is 41.8 Å². The molecule has 0 radical (unpaired) electrons. The molecule has 0 aliphatic heterocycles. The van der Waals surface area contributed by atoms with Crippen molar-refractivity contribution in [3.05, 3.63) is 0 Å². The van der Waals surface area contributed by atoms with Crippen LogP contribution in [0, 0.1) is 0 Å². The Kier molecular flexibility index (Phi) is 6.93. The van der Waals surface area contributed by atoms with E-state index in [0.717, 1.165) is 0 Å². The van der Waals surface area contributed by atoms with Gasteiger partial charge in [-0.2, -0.15) is 0 Å². The van der Waals surface area contributed by atoms with Crippen molar-refractivity contribution in [2.45, 2.75) is 6.42 Å². The number of hydrogen-bond acceptors (Lipinski definition) is 6. The number of rotatable bonds is 6. The molecule has 2 atom stereocenters. The van der Waals surface area contributed by atoms with Gasteiger partial charge in [-0.3, -0.25) is 9.11 Å². The van der Waals surface area contributed by atoms with E-state index in [1.165, 1.54) is 9.77 Å². The molecule has 88 valence electrons. The molecule has 0 spiro atoms. The van der Waals surface area contributed by atoms with Crippen LogP contribution in [0.4, 0.5) is 0 Å². The fourth-order valence-corrected chi connectivity index (χ4v) is 0.683. The highest BCUT2D eigenvalue weighted by molar-refractivity contribution is 7.77. The highest BCUT2D eigenvalue weighted by Crippen LogP contribution is 1.87. The quantitative estimate of drug-likeness (QED) is 0.238. The molecule has 15 heavy (non-hydrogen) atoms. The summed E-state index contributed by atoms with van der Waals surface area (Å²) < 4.78 is 36.0. The van der Waals surface area contributed by atoms with E-state index in [1.54, 1.807) is 0 Å². The fourth-order valence-electron chi connectivity index (χ4n) is 0.354. The average Bonchev–Trinajstić information content (AvgIpc) is 2.11. The lowest BCUT2D eigenvalue weighted by Crippen LogP contribution is -2.27. The van der Waals surface area contributed by atoms with Crippen molar-refractivity contribution in [3.8, 4) is 0 Å². The van der Waals surface area contributed by atoms with Crippen LogP contribution < -0.4 is 9.77 Å². The first-order valence-electron chi connectivity index (χ1n) is 3.04. The molecule has 0 aliphatic carbocycles. The van der Waals surface area contributed by atoms with Gasteiger partial charge in [-0.05, 0) is 9.77 Å². The lowest BCUT2D eigenvalue weighted by molar-refractivity contribution is -0.158. The number of hydrogen-bond donors (Lipinski definition) is 4. The van der Waals surface area contributed by atoms with Crippen molar-refractivity contribution >= 4 is 34.5 Å². The van der Waals surface area contributed by atoms with Gasteiger partial charge >= 0.3 is 11.9 Å². The van der Waals surface area contributed by atoms with E-state index in [-0.39, 0.29) is 0 Å². The summed E-state index contributed by atoms with van der Waals surface area (Å²) >= 11 is -5.12. The zero-order chi connectivity index (χ0) is 11.8. The van der Waals surface area contributed by atoms with Crippen LogP contribution >= 0.6 is 0 Å². The van der Waals surface area contributed by atoms with Crippen LogP contribution in [0.25, 0.3) is 0 Å². The summed E-state index contributed by atoms with van der Waals surface area (Å²) in [6.07, 6.45) is -0.908. The molecule has 0 fully saturated rings. The lowest BCUT2D eigenvalue weighted by atomic mass is 10.5. The van der Waals surface area contributed by atoms with Crippen LogP contribution in [-0.4, -0.2) is 29.5 Å². The zero-order valence-electron chi connectivity index (χ0n) is 6.87. The van der Waals surface area contributed by atoms with Crippen molar-refractivity contribution in [3.63, 3.8) is 0 Å². The lowest BCUT2D eigenvalue weighted by Gasteiger charge is -2.01. The van der Waals surface area contributed by atoms with Crippen LogP contribution in [0.1, 0.15) is 6.42 Å². The van der Waals surface area contributed by atoms with Crippen molar-refractivity contribution in [2.75, 3.05) is 0 Å². The first-order valence-corrected chi connectivity index (χ1v) is 5.25. The molecule has 12 heteroatoms. The van der Waals surface area contributed by atoms with Crippen LogP contribution in [0.15, 0.2) is 0 Å². The fraction of sp³-hybridized carbons (Fsp3) is 0.333. The normalized spacial score (nSPS) is 14.0. The van der Waals surface area contributed by atoms with Gasteiger partial charge in [0.1, 0.15) is 6.42 Å². The van der Waals surface area contributed by atoms with Crippen LogP contribution in [0.2, 0.25) is 0 Å². The molecule has 0 aromatic heterocycles. The largest absolute Gasteiger partial charge is 0.355 e. The average molecular weight is 262 g/mol. The summed E-state index contributed by atoms with van der Waals surface area (Å²) in [7, 11) is 0. The SMILES string of the molecule is O=C(CC(=O)ONS(=O)O)ONS(=O)O. The molecule has 10 nitrogen and oxygen atoms in total. The Labute approximate surface area is 88.1 Å². The Hall–Kier alpha value is -0.920. The summed E-state index contributed by atoms with van der Waals surface area (Å²) in [6, 6.07) is 0. The Morgan fingerprint density at radius 1 is 1.00 bits per heavy atom. The third-order valence-electron chi connectivity index (χ3n) is 0.742. The topological polar surface area (TPSA) is 151 Å². The molecule has 0 heterocycles. The summed E-state index contributed by atoms with van der Waals surface area (Å²) in [4.78, 5) is 31.7. The van der Waals surface area contributed by atoms with Crippen molar-refractivity contribution < 1.29 is 36.8 Å². The minimum absolute atomic E-state index is 0.908.